The molecule has 1 aromatic carbocycles. The van der Waals surface area contributed by atoms with Gasteiger partial charge in [0.05, 0.1) is 5.69 Å². The molecular formula is C13H12N2O3. The predicted molar refractivity (Wildman–Crippen MR) is 67.9 cm³/mol. The maximum atomic E-state index is 12.0. The second kappa shape index (κ2) is 3.35. The van der Waals surface area contributed by atoms with Crippen LogP contribution in [-0.2, 0) is 7.05 Å². The highest BCUT2D eigenvalue weighted by molar-refractivity contribution is 6.05. The zero-order valence-corrected chi connectivity index (χ0v) is 10.3. The zero-order chi connectivity index (χ0) is 13.0. The Morgan fingerprint density at radius 1 is 1.33 bits per heavy atom. The van der Waals surface area contributed by atoms with Crippen LogP contribution in [0.5, 0.6) is 5.75 Å². The highest BCUT2D eigenvalue weighted by Crippen LogP contribution is 2.31. The Morgan fingerprint density at radius 3 is 2.78 bits per heavy atom. The maximum Gasteiger partial charge on any atom is 0.362 e. The van der Waals surface area contributed by atoms with Crippen molar-refractivity contribution in [2.24, 2.45) is 7.05 Å². The number of phenols is 1. The van der Waals surface area contributed by atoms with E-state index >= 15 is 0 Å². The van der Waals surface area contributed by atoms with E-state index in [4.69, 9.17) is 4.42 Å². The number of aromatic hydroxyl groups is 1. The first kappa shape index (κ1) is 10.8. The molecule has 2 heterocycles. The summed E-state index contributed by atoms with van der Waals surface area (Å²) in [6.45, 7) is 3.57. The summed E-state index contributed by atoms with van der Waals surface area (Å²) in [6.07, 6.45) is 0. The molecule has 3 rings (SSSR count). The Balaban J connectivity index is 2.71. The van der Waals surface area contributed by atoms with Crippen LogP contribution in [0.15, 0.2) is 21.3 Å². The van der Waals surface area contributed by atoms with Gasteiger partial charge in [0.25, 0.3) is 0 Å². The first-order valence-corrected chi connectivity index (χ1v) is 5.59. The van der Waals surface area contributed by atoms with Crippen molar-refractivity contribution in [3.05, 3.63) is 33.8 Å². The van der Waals surface area contributed by atoms with Gasteiger partial charge in [-0.05, 0) is 26.0 Å². The topological polar surface area (TPSA) is 68.3 Å². The lowest BCUT2D eigenvalue weighted by Crippen LogP contribution is -2.05. The third-order valence-corrected chi connectivity index (χ3v) is 3.26. The molecule has 0 aliphatic rings. The van der Waals surface area contributed by atoms with Gasteiger partial charge in [0.15, 0.2) is 5.52 Å². The van der Waals surface area contributed by atoms with Gasteiger partial charge in [-0.2, -0.15) is 5.10 Å². The molecule has 0 radical (unpaired) electrons. The van der Waals surface area contributed by atoms with Gasteiger partial charge in [0.2, 0.25) is 0 Å². The number of aromatic nitrogens is 2. The van der Waals surface area contributed by atoms with Crippen molar-refractivity contribution < 1.29 is 9.52 Å². The van der Waals surface area contributed by atoms with Crippen LogP contribution in [0.1, 0.15) is 11.3 Å². The Hall–Kier alpha value is -2.30. The van der Waals surface area contributed by atoms with Crippen molar-refractivity contribution in [3.8, 4) is 5.75 Å². The van der Waals surface area contributed by atoms with Gasteiger partial charge < -0.3 is 9.52 Å². The summed E-state index contributed by atoms with van der Waals surface area (Å²) in [5, 5.41) is 15.5. The van der Waals surface area contributed by atoms with E-state index in [1.54, 1.807) is 26.1 Å². The molecule has 0 spiro atoms. The van der Waals surface area contributed by atoms with Gasteiger partial charge in [-0.15, -0.1) is 0 Å². The van der Waals surface area contributed by atoms with Gasteiger partial charge in [-0.25, -0.2) is 4.79 Å². The molecule has 92 valence electrons. The van der Waals surface area contributed by atoms with E-state index in [9.17, 15) is 9.90 Å². The van der Waals surface area contributed by atoms with Gasteiger partial charge in [0.1, 0.15) is 11.3 Å². The third kappa shape index (κ3) is 1.21. The number of hydrogen-bond acceptors (Lipinski definition) is 4. The molecule has 0 aliphatic heterocycles. The summed E-state index contributed by atoms with van der Waals surface area (Å²) in [4.78, 5) is 12.0. The number of hydrogen-bond donors (Lipinski definition) is 1. The van der Waals surface area contributed by atoms with Crippen molar-refractivity contribution >= 4 is 21.9 Å². The van der Waals surface area contributed by atoms with Crippen molar-refractivity contribution in [2.75, 3.05) is 0 Å². The van der Waals surface area contributed by atoms with Crippen molar-refractivity contribution in [3.63, 3.8) is 0 Å². The molecule has 0 amide bonds. The molecule has 0 fully saturated rings. The number of nitrogens with zero attached hydrogens (tertiary/aromatic N) is 2. The molecule has 3 aromatic rings. The average molecular weight is 244 g/mol. The van der Waals surface area contributed by atoms with E-state index in [-0.39, 0.29) is 5.75 Å². The molecule has 0 unspecified atom stereocenters. The summed E-state index contributed by atoms with van der Waals surface area (Å²) in [7, 11) is 1.71. The van der Waals surface area contributed by atoms with Crippen LogP contribution in [0.3, 0.4) is 0 Å². The minimum atomic E-state index is -0.436. The molecule has 0 bridgehead atoms. The minimum Gasteiger partial charge on any atom is -0.508 e. The quantitative estimate of drug-likeness (QED) is 0.614. The Labute approximate surface area is 102 Å². The van der Waals surface area contributed by atoms with Crippen LogP contribution in [0.4, 0.5) is 0 Å². The number of rotatable bonds is 0. The van der Waals surface area contributed by atoms with Gasteiger partial charge >= 0.3 is 5.63 Å². The molecule has 5 nitrogen and oxygen atoms in total. The van der Waals surface area contributed by atoms with Crippen LogP contribution in [0.2, 0.25) is 0 Å². The van der Waals surface area contributed by atoms with E-state index in [1.807, 2.05) is 6.92 Å². The van der Waals surface area contributed by atoms with Crippen molar-refractivity contribution in [1.29, 1.82) is 0 Å². The highest BCUT2D eigenvalue weighted by atomic mass is 16.4. The fourth-order valence-electron chi connectivity index (χ4n) is 2.37. The molecule has 0 atom stereocenters. The third-order valence-electron chi connectivity index (χ3n) is 3.26. The summed E-state index contributed by atoms with van der Waals surface area (Å²) in [5.41, 5.74) is 1.77. The Kier molecular flexibility index (Phi) is 2.02. The maximum absolute atomic E-state index is 12.0. The van der Waals surface area contributed by atoms with E-state index in [0.29, 0.717) is 16.7 Å². The average Bonchev–Trinajstić information content (AvgIpc) is 2.61. The normalized spacial score (nSPS) is 11.5. The van der Waals surface area contributed by atoms with Crippen LogP contribution in [0, 0.1) is 13.8 Å². The second-order valence-corrected chi connectivity index (χ2v) is 4.41. The molecule has 0 saturated heterocycles. The molecule has 1 N–H and O–H groups in total. The SMILES string of the molecule is Cc1c(O)ccc2c1oc(=O)c1c2c(C)nn1C. The fraction of sp³-hybridized carbons (Fsp3) is 0.231. The van der Waals surface area contributed by atoms with Gasteiger partial charge in [-0.3, -0.25) is 4.68 Å². The largest absolute Gasteiger partial charge is 0.508 e. The summed E-state index contributed by atoms with van der Waals surface area (Å²) < 4.78 is 6.83. The summed E-state index contributed by atoms with van der Waals surface area (Å²) in [5.74, 6) is 0.117. The predicted octanol–water partition coefficient (Wildman–Crippen LogP) is 2.00. The first-order valence-electron chi connectivity index (χ1n) is 5.59. The molecule has 2 aromatic heterocycles. The monoisotopic (exact) mass is 244 g/mol. The number of benzene rings is 1. The van der Waals surface area contributed by atoms with Crippen LogP contribution >= 0.6 is 0 Å². The van der Waals surface area contributed by atoms with E-state index in [2.05, 4.69) is 5.10 Å². The molecule has 18 heavy (non-hydrogen) atoms. The molecule has 0 saturated carbocycles. The lowest BCUT2D eigenvalue weighted by atomic mass is 10.1. The van der Waals surface area contributed by atoms with Crippen LogP contribution < -0.4 is 5.63 Å². The lowest BCUT2D eigenvalue weighted by molar-refractivity contribution is 0.468. The minimum absolute atomic E-state index is 0.117. The van der Waals surface area contributed by atoms with E-state index < -0.39 is 5.63 Å². The highest BCUT2D eigenvalue weighted by Gasteiger charge is 2.16. The van der Waals surface area contributed by atoms with Gasteiger partial charge in [-0.1, -0.05) is 0 Å². The van der Waals surface area contributed by atoms with Gasteiger partial charge in [0, 0.05) is 23.4 Å². The summed E-state index contributed by atoms with van der Waals surface area (Å²) >= 11 is 0. The fourth-order valence-corrected chi connectivity index (χ4v) is 2.37. The number of fused-ring (bicyclic) bond motifs is 3. The zero-order valence-electron chi connectivity index (χ0n) is 10.3. The van der Waals surface area contributed by atoms with Crippen molar-refractivity contribution in [1.82, 2.24) is 9.78 Å². The number of aryl methyl sites for hydroxylation is 3. The summed E-state index contributed by atoms with van der Waals surface area (Å²) in [6, 6.07) is 3.35. The Bertz CT molecular complexity index is 843. The van der Waals surface area contributed by atoms with E-state index in [0.717, 1.165) is 16.5 Å². The second-order valence-electron chi connectivity index (χ2n) is 4.41. The molecular weight excluding hydrogens is 232 g/mol. The van der Waals surface area contributed by atoms with E-state index in [1.165, 1.54) is 4.68 Å². The number of phenolic OH excluding ortho intramolecular Hbond substituents is 1. The van der Waals surface area contributed by atoms with Crippen molar-refractivity contribution in [2.45, 2.75) is 13.8 Å². The lowest BCUT2D eigenvalue weighted by Gasteiger charge is -2.04. The van der Waals surface area contributed by atoms with Crippen LogP contribution in [-0.4, -0.2) is 14.9 Å². The first-order chi connectivity index (χ1) is 8.50. The Morgan fingerprint density at radius 2 is 2.06 bits per heavy atom. The molecule has 0 aliphatic carbocycles. The van der Waals surface area contributed by atoms with Crippen LogP contribution in [0.25, 0.3) is 21.9 Å². The standard InChI is InChI=1S/C13H12N2O3/c1-6-9(16)5-4-8-10-7(2)14-15(3)11(10)13(17)18-12(6)8/h4-5,16H,1-3H3. The smallest absolute Gasteiger partial charge is 0.362 e. The molecule has 5 heteroatoms.